The van der Waals surface area contributed by atoms with E-state index in [0.29, 0.717) is 11.6 Å². The molecule has 0 saturated carbocycles. The summed E-state index contributed by atoms with van der Waals surface area (Å²) in [7, 11) is -3.75. The van der Waals surface area contributed by atoms with Crippen LogP contribution >= 0.6 is 0 Å². The molecule has 0 aliphatic carbocycles. The van der Waals surface area contributed by atoms with Crippen molar-refractivity contribution in [2.24, 2.45) is 11.1 Å². The van der Waals surface area contributed by atoms with Crippen molar-refractivity contribution in [1.82, 2.24) is 0 Å². The maximum atomic E-state index is 11.4. The zero-order valence-corrected chi connectivity index (χ0v) is 11.4. The van der Waals surface area contributed by atoms with Crippen molar-refractivity contribution in [2.45, 2.75) is 17.7 Å². The molecule has 2 rings (SSSR count). The van der Waals surface area contributed by atoms with Crippen LogP contribution in [-0.4, -0.2) is 33.2 Å². The topological polar surface area (TPSA) is 110 Å². The fourth-order valence-corrected chi connectivity index (χ4v) is 2.91. The molecule has 106 valence electrons. The quantitative estimate of drug-likeness (QED) is 0.684. The summed E-state index contributed by atoms with van der Waals surface area (Å²) in [4.78, 5) is 2.10. The van der Waals surface area contributed by atoms with Gasteiger partial charge >= 0.3 is 0 Å². The van der Waals surface area contributed by atoms with Crippen LogP contribution in [0.1, 0.15) is 12.8 Å². The molecule has 0 bridgehead atoms. The lowest BCUT2D eigenvalue weighted by Gasteiger charge is -2.33. The van der Waals surface area contributed by atoms with Crippen LogP contribution < -0.4 is 15.8 Å². The molecule has 1 aromatic rings. The van der Waals surface area contributed by atoms with Crippen molar-refractivity contribution in [3.05, 3.63) is 18.2 Å². The third-order valence-corrected chi connectivity index (χ3v) is 4.37. The SMILES string of the molecule is Nc1cc(N2CCC(CO)CC2)cc(S(N)(=O)=O)c1. The first kappa shape index (κ1) is 14.1. The molecule has 0 radical (unpaired) electrons. The fraction of sp³-hybridized carbons (Fsp3) is 0.500. The van der Waals surface area contributed by atoms with Gasteiger partial charge in [-0.1, -0.05) is 0 Å². The van der Waals surface area contributed by atoms with E-state index >= 15 is 0 Å². The van der Waals surface area contributed by atoms with Crippen LogP contribution in [0.25, 0.3) is 0 Å². The lowest BCUT2D eigenvalue weighted by molar-refractivity contribution is 0.203. The Kier molecular flexibility index (Phi) is 3.98. The molecule has 1 aliphatic heterocycles. The molecule has 5 N–H and O–H groups in total. The lowest BCUT2D eigenvalue weighted by atomic mass is 9.97. The number of nitrogens with two attached hydrogens (primary N) is 2. The highest BCUT2D eigenvalue weighted by atomic mass is 32.2. The summed E-state index contributed by atoms with van der Waals surface area (Å²) in [6, 6.07) is 4.65. The van der Waals surface area contributed by atoms with E-state index in [9.17, 15) is 8.42 Å². The van der Waals surface area contributed by atoms with E-state index in [1.165, 1.54) is 6.07 Å². The molecular weight excluding hydrogens is 266 g/mol. The van der Waals surface area contributed by atoms with Crippen molar-refractivity contribution in [3.63, 3.8) is 0 Å². The van der Waals surface area contributed by atoms with Gasteiger partial charge in [0.25, 0.3) is 0 Å². The highest BCUT2D eigenvalue weighted by Crippen LogP contribution is 2.27. The standard InChI is InChI=1S/C12H19N3O3S/c13-10-5-11(7-12(6-10)19(14,17)18)15-3-1-9(8-16)2-4-15/h5-7,9,16H,1-4,8,13H2,(H2,14,17,18). The molecule has 1 aliphatic rings. The van der Waals surface area contributed by atoms with Crippen LogP contribution in [0, 0.1) is 5.92 Å². The molecule has 19 heavy (non-hydrogen) atoms. The minimum atomic E-state index is -3.75. The molecule has 1 fully saturated rings. The van der Waals surface area contributed by atoms with Crippen LogP contribution in [0.3, 0.4) is 0 Å². The van der Waals surface area contributed by atoms with Crippen LogP contribution in [0.2, 0.25) is 0 Å². The normalized spacial score (nSPS) is 17.7. The summed E-state index contributed by atoms with van der Waals surface area (Å²) in [5.41, 5.74) is 6.87. The molecule has 0 spiro atoms. The number of benzene rings is 1. The number of hydrogen-bond acceptors (Lipinski definition) is 5. The first-order valence-corrected chi connectivity index (χ1v) is 7.74. The Balaban J connectivity index is 2.24. The minimum Gasteiger partial charge on any atom is -0.399 e. The van der Waals surface area contributed by atoms with Gasteiger partial charge in [0.15, 0.2) is 0 Å². The predicted octanol–water partition coefficient (Wildman–Crippen LogP) is 0.125. The Morgan fingerprint density at radius 2 is 1.89 bits per heavy atom. The molecule has 6 nitrogen and oxygen atoms in total. The second kappa shape index (κ2) is 5.36. The van der Waals surface area contributed by atoms with E-state index in [1.54, 1.807) is 12.1 Å². The summed E-state index contributed by atoms with van der Waals surface area (Å²) in [6.45, 7) is 1.75. The number of sulfonamides is 1. The van der Waals surface area contributed by atoms with Crippen molar-refractivity contribution < 1.29 is 13.5 Å². The summed E-state index contributed by atoms with van der Waals surface area (Å²) in [5.74, 6) is 0.329. The minimum absolute atomic E-state index is 0.0341. The van der Waals surface area contributed by atoms with Crippen molar-refractivity contribution in [3.8, 4) is 0 Å². The largest absolute Gasteiger partial charge is 0.399 e. The van der Waals surface area contributed by atoms with Gasteiger partial charge in [-0.2, -0.15) is 0 Å². The number of piperidine rings is 1. The van der Waals surface area contributed by atoms with Crippen LogP contribution in [0.5, 0.6) is 0 Å². The van der Waals surface area contributed by atoms with E-state index in [0.717, 1.165) is 31.6 Å². The molecule has 0 aromatic heterocycles. The summed E-state index contributed by atoms with van der Waals surface area (Å²) < 4.78 is 22.8. The van der Waals surface area contributed by atoms with Gasteiger partial charge in [0.2, 0.25) is 10.0 Å². The van der Waals surface area contributed by atoms with Crippen molar-refractivity contribution in [2.75, 3.05) is 30.3 Å². The maximum Gasteiger partial charge on any atom is 0.238 e. The molecule has 7 heteroatoms. The van der Waals surface area contributed by atoms with E-state index in [1.807, 2.05) is 0 Å². The van der Waals surface area contributed by atoms with Gasteiger partial charge in [0.1, 0.15) is 0 Å². The van der Waals surface area contributed by atoms with Crippen molar-refractivity contribution in [1.29, 1.82) is 0 Å². The van der Waals surface area contributed by atoms with Gasteiger partial charge < -0.3 is 15.7 Å². The number of primary sulfonamides is 1. The molecule has 1 heterocycles. The maximum absolute atomic E-state index is 11.4. The van der Waals surface area contributed by atoms with E-state index < -0.39 is 10.0 Å². The van der Waals surface area contributed by atoms with Gasteiger partial charge in [0.05, 0.1) is 4.90 Å². The molecule has 1 saturated heterocycles. The first-order valence-electron chi connectivity index (χ1n) is 6.19. The average Bonchev–Trinajstić information content (AvgIpc) is 2.37. The van der Waals surface area contributed by atoms with E-state index in [2.05, 4.69) is 4.90 Å². The number of hydrogen-bond donors (Lipinski definition) is 3. The number of rotatable bonds is 3. The Morgan fingerprint density at radius 3 is 2.42 bits per heavy atom. The molecule has 0 amide bonds. The molecule has 1 aromatic carbocycles. The van der Waals surface area contributed by atoms with Crippen molar-refractivity contribution >= 4 is 21.4 Å². The van der Waals surface area contributed by atoms with Crippen LogP contribution in [0.4, 0.5) is 11.4 Å². The number of nitrogens with zero attached hydrogens (tertiary/aromatic N) is 1. The zero-order valence-electron chi connectivity index (χ0n) is 10.6. The third-order valence-electron chi connectivity index (χ3n) is 3.48. The number of aliphatic hydroxyl groups is 1. The third kappa shape index (κ3) is 3.37. The molecule has 0 unspecified atom stereocenters. The molecular formula is C12H19N3O3S. The monoisotopic (exact) mass is 285 g/mol. The summed E-state index contributed by atoms with van der Waals surface area (Å²) in [5, 5.41) is 14.2. The second-order valence-electron chi connectivity index (χ2n) is 4.92. The second-order valence-corrected chi connectivity index (χ2v) is 6.48. The zero-order chi connectivity index (χ0) is 14.0. The first-order chi connectivity index (χ1) is 8.90. The fourth-order valence-electron chi connectivity index (χ4n) is 2.33. The van der Waals surface area contributed by atoms with Crippen LogP contribution in [-0.2, 0) is 10.0 Å². The lowest BCUT2D eigenvalue weighted by Crippen LogP contribution is -2.34. The van der Waals surface area contributed by atoms with Crippen LogP contribution in [0.15, 0.2) is 23.1 Å². The van der Waals surface area contributed by atoms with E-state index in [-0.39, 0.29) is 11.5 Å². The van der Waals surface area contributed by atoms with Gasteiger partial charge in [-0.15, -0.1) is 0 Å². The highest BCUT2D eigenvalue weighted by molar-refractivity contribution is 7.89. The van der Waals surface area contributed by atoms with Gasteiger partial charge in [-0.25, -0.2) is 13.6 Å². The smallest absolute Gasteiger partial charge is 0.238 e. The van der Waals surface area contributed by atoms with E-state index in [4.69, 9.17) is 16.0 Å². The summed E-state index contributed by atoms with van der Waals surface area (Å²) >= 11 is 0. The summed E-state index contributed by atoms with van der Waals surface area (Å²) in [6.07, 6.45) is 1.77. The van der Waals surface area contributed by atoms with Gasteiger partial charge in [-0.3, -0.25) is 0 Å². The van der Waals surface area contributed by atoms with Gasteiger partial charge in [-0.05, 0) is 37.0 Å². The molecule has 0 atom stereocenters. The predicted molar refractivity (Wildman–Crippen MR) is 74.3 cm³/mol. The Hall–Kier alpha value is -1.31. The Bertz CT molecular complexity index is 551. The number of aliphatic hydroxyl groups excluding tert-OH is 1. The Morgan fingerprint density at radius 1 is 1.26 bits per heavy atom. The highest BCUT2D eigenvalue weighted by Gasteiger charge is 2.20. The van der Waals surface area contributed by atoms with Gasteiger partial charge in [0, 0.05) is 31.1 Å². The number of nitrogen functional groups attached to an aromatic ring is 1. The Labute approximate surface area is 113 Å². The number of anilines is 2. The average molecular weight is 285 g/mol.